The minimum absolute atomic E-state index is 0.110. The topological polar surface area (TPSA) is 81.8 Å². The molecule has 1 N–H and O–H groups in total. The number of hydrogen-bond acceptors (Lipinski definition) is 5. The van der Waals surface area contributed by atoms with Crippen LogP contribution in [0, 0.1) is 12.7 Å². The molecule has 1 atom stereocenters. The molecule has 3 heterocycles. The van der Waals surface area contributed by atoms with Crippen molar-refractivity contribution in [2.45, 2.75) is 32.5 Å². The van der Waals surface area contributed by atoms with E-state index in [1.807, 2.05) is 0 Å². The van der Waals surface area contributed by atoms with E-state index >= 15 is 0 Å². The van der Waals surface area contributed by atoms with E-state index < -0.39 is 46.7 Å². The Hall–Kier alpha value is -4.94. The van der Waals surface area contributed by atoms with Crippen LogP contribution in [0.4, 0.5) is 32.0 Å². The van der Waals surface area contributed by atoms with E-state index in [0.29, 0.717) is 39.2 Å². The molecule has 7 nitrogen and oxygen atoms in total. The van der Waals surface area contributed by atoms with Crippen molar-refractivity contribution in [3.63, 3.8) is 0 Å². The van der Waals surface area contributed by atoms with Crippen LogP contribution in [-0.4, -0.2) is 19.1 Å². The zero-order chi connectivity index (χ0) is 32.1. The van der Waals surface area contributed by atoms with E-state index in [1.54, 1.807) is 32.0 Å². The van der Waals surface area contributed by atoms with Gasteiger partial charge in [0.05, 0.1) is 16.8 Å². The summed E-state index contributed by atoms with van der Waals surface area (Å²) in [6.07, 6.45) is -3.87. The standard InChI is InChI=1S/C31H25F6N5O2/c1-15-9-20(16(2)40-24-6-5-18(32)11-23(24)31(35,36)37)21-12-25(42(4)29(43)22(21)10-15)17-13-38-28(39-14-17)19-7-8-41(3)30(44)26(19)27(33)34/h5-14,16,27,40H,1-4H3. The number of pyridine rings is 2. The second-order valence-electron chi connectivity index (χ2n) is 10.4. The number of aryl methyl sites for hydroxylation is 2. The van der Waals surface area contributed by atoms with Crippen molar-refractivity contribution >= 4 is 16.5 Å². The van der Waals surface area contributed by atoms with Gasteiger partial charge in [-0.3, -0.25) is 9.59 Å². The molecular formula is C31H25F6N5O2. The molecule has 1 unspecified atom stereocenters. The van der Waals surface area contributed by atoms with Crippen LogP contribution in [-0.2, 0) is 20.3 Å². The molecule has 228 valence electrons. The Balaban J connectivity index is 1.61. The van der Waals surface area contributed by atoms with Gasteiger partial charge in [0.25, 0.3) is 17.5 Å². The normalized spacial score (nSPS) is 12.6. The Labute approximate surface area is 246 Å². The smallest absolute Gasteiger partial charge is 0.378 e. The molecule has 44 heavy (non-hydrogen) atoms. The quantitative estimate of drug-likeness (QED) is 0.210. The molecule has 0 aliphatic heterocycles. The Bertz CT molecular complexity index is 2020. The molecule has 13 heteroatoms. The highest BCUT2D eigenvalue weighted by Crippen LogP contribution is 2.38. The van der Waals surface area contributed by atoms with Crippen molar-refractivity contribution in [1.82, 2.24) is 19.1 Å². The summed E-state index contributed by atoms with van der Waals surface area (Å²) in [5.74, 6) is -1.14. The molecule has 0 aliphatic carbocycles. The Morgan fingerprint density at radius 1 is 0.909 bits per heavy atom. The number of nitrogens with one attached hydrogen (secondary N) is 1. The Morgan fingerprint density at radius 3 is 2.23 bits per heavy atom. The lowest BCUT2D eigenvalue weighted by Crippen LogP contribution is -2.22. The number of aromatic nitrogens is 4. The third-order valence-corrected chi connectivity index (χ3v) is 7.37. The third kappa shape index (κ3) is 5.56. The summed E-state index contributed by atoms with van der Waals surface area (Å²) in [5.41, 5.74) is -1.73. The SMILES string of the molecule is Cc1cc(C(C)Nc2ccc(F)cc2C(F)(F)F)c2cc(-c3cnc(-c4ccn(C)c(=O)c4C(F)F)nc3)n(C)c(=O)c2c1. The highest BCUT2D eigenvalue weighted by molar-refractivity contribution is 5.89. The van der Waals surface area contributed by atoms with Gasteiger partial charge in [0.2, 0.25) is 0 Å². The van der Waals surface area contributed by atoms with Gasteiger partial charge in [0.15, 0.2) is 5.82 Å². The summed E-state index contributed by atoms with van der Waals surface area (Å²) in [4.78, 5) is 34.2. The van der Waals surface area contributed by atoms with Gasteiger partial charge in [-0.15, -0.1) is 0 Å². The average Bonchev–Trinajstić information content (AvgIpc) is 2.96. The Kier molecular flexibility index (Phi) is 7.83. The van der Waals surface area contributed by atoms with Gasteiger partial charge in [-0.05, 0) is 66.8 Å². The zero-order valence-electron chi connectivity index (χ0n) is 23.8. The summed E-state index contributed by atoms with van der Waals surface area (Å²) in [6, 6.07) is 7.98. The van der Waals surface area contributed by atoms with Gasteiger partial charge in [0.1, 0.15) is 5.82 Å². The molecule has 0 amide bonds. The maximum atomic E-state index is 13.7. The summed E-state index contributed by atoms with van der Waals surface area (Å²) in [7, 11) is 2.88. The number of benzene rings is 2. The van der Waals surface area contributed by atoms with E-state index in [9.17, 15) is 35.9 Å². The maximum absolute atomic E-state index is 13.7. The molecule has 0 aliphatic rings. The first-order valence-corrected chi connectivity index (χ1v) is 13.3. The van der Waals surface area contributed by atoms with Crippen LogP contribution in [0.25, 0.3) is 33.4 Å². The fraction of sp³-hybridized carbons (Fsp3) is 0.226. The molecule has 0 radical (unpaired) electrons. The fourth-order valence-electron chi connectivity index (χ4n) is 5.16. The molecule has 0 bridgehead atoms. The van der Waals surface area contributed by atoms with Crippen LogP contribution in [0.15, 0.2) is 70.6 Å². The van der Waals surface area contributed by atoms with Gasteiger partial charge in [-0.1, -0.05) is 6.07 Å². The van der Waals surface area contributed by atoms with E-state index in [1.165, 1.54) is 43.3 Å². The molecule has 0 spiro atoms. The summed E-state index contributed by atoms with van der Waals surface area (Å²) < 4.78 is 84.5. The molecule has 0 saturated heterocycles. The second-order valence-corrected chi connectivity index (χ2v) is 10.4. The van der Waals surface area contributed by atoms with E-state index in [2.05, 4.69) is 15.3 Å². The number of fused-ring (bicyclic) bond motifs is 1. The molecule has 5 rings (SSSR count). The van der Waals surface area contributed by atoms with Crippen molar-refractivity contribution in [2.75, 3.05) is 5.32 Å². The van der Waals surface area contributed by atoms with E-state index in [4.69, 9.17) is 0 Å². The van der Waals surface area contributed by atoms with Gasteiger partial charge >= 0.3 is 6.18 Å². The first kappa shape index (κ1) is 30.5. The molecular weight excluding hydrogens is 588 g/mol. The lowest BCUT2D eigenvalue weighted by molar-refractivity contribution is -0.137. The molecule has 3 aromatic heterocycles. The van der Waals surface area contributed by atoms with Crippen LogP contribution in [0.2, 0.25) is 0 Å². The number of rotatable bonds is 6. The Morgan fingerprint density at radius 2 is 1.59 bits per heavy atom. The lowest BCUT2D eigenvalue weighted by Gasteiger charge is -2.22. The van der Waals surface area contributed by atoms with Crippen molar-refractivity contribution in [1.29, 1.82) is 0 Å². The number of anilines is 1. The monoisotopic (exact) mass is 613 g/mol. The largest absolute Gasteiger partial charge is 0.418 e. The van der Waals surface area contributed by atoms with Gasteiger partial charge in [-0.25, -0.2) is 23.1 Å². The van der Waals surface area contributed by atoms with Crippen LogP contribution in [0.3, 0.4) is 0 Å². The minimum atomic E-state index is -4.81. The summed E-state index contributed by atoms with van der Waals surface area (Å²) in [5, 5.41) is 3.57. The second kappa shape index (κ2) is 11.3. The lowest BCUT2D eigenvalue weighted by atomic mass is 9.96. The molecule has 0 fully saturated rings. The minimum Gasteiger partial charge on any atom is -0.378 e. The maximum Gasteiger partial charge on any atom is 0.418 e. The van der Waals surface area contributed by atoms with Crippen LogP contribution in [0.5, 0.6) is 0 Å². The van der Waals surface area contributed by atoms with Crippen LogP contribution >= 0.6 is 0 Å². The predicted molar refractivity (Wildman–Crippen MR) is 154 cm³/mol. The molecule has 2 aromatic carbocycles. The predicted octanol–water partition coefficient (Wildman–Crippen LogP) is 6.94. The highest BCUT2D eigenvalue weighted by Gasteiger charge is 2.34. The van der Waals surface area contributed by atoms with Crippen molar-refractivity contribution in [2.24, 2.45) is 14.1 Å². The van der Waals surface area contributed by atoms with Gasteiger partial charge < -0.3 is 14.5 Å². The molecule has 0 saturated carbocycles. The van der Waals surface area contributed by atoms with Crippen molar-refractivity contribution in [3.05, 3.63) is 110 Å². The number of halogens is 6. The third-order valence-electron chi connectivity index (χ3n) is 7.37. The van der Waals surface area contributed by atoms with Gasteiger partial charge in [-0.2, -0.15) is 13.2 Å². The summed E-state index contributed by atoms with van der Waals surface area (Å²) in [6.45, 7) is 3.37. The highest BCUT2D eigenvalue weighted by atomic mass is 19.4. The summed E-state index contributed by atoms with van der Waals surface area (Å²) >= 11 is 0. The average molecular weight is 614 g/mol. The van der Waals surface area contributed by atoms with Gasteiger partial charge in [0, 0.05) is 60.9 Å². The first-order chi connectivity index (χ1) is 20.7. The number of hydrogen-bond donors (Lipinski definition) is 1. The van der Waals surface area contributed by atoms with Crippen molar-refractivity contribution < 1.29 is 26.3 Å². The zero-order valence-corrected chi connectivity index (χ0v) is 23.8. The van der Waals surface area contributed by atoms with E-state index in [-0.39, 0.29) is 17.1 Å². The number of alkyl halides is 5. The molecule has 5 aromatic rings. The number of nitrogens with zero attached hydrogens (tertiary/aromatic N) is 4. The fourth-order valence-corrected chi connectivity index (χ4v) is 5.16. The van der Waals surface area contributed by atoms with Crippen molar-refractivity contribution in [3.8, 4) is 22.6 Å². The van der Waals surface area contributed by atoms with Crippen LogP contribution in [0.1, 0.15) is 41.6 Å². The first-order valence-electron chi connectivity index (χ1n) is 13.3. The van der Waals surface area contributed by atoms with E-state index in [0.717, 1.165) is 16.7 Å². The van der Waals surface area contributed by atoms with Crippen LogP contribution < -0.4 is 16.4 Å².